The van der Waals surface area contributed by atoms with E-state index in [9.17, 15) is 24.5 Å². The molecule has 1 N–H and O–H groups in total. The zero-order chi connectivity index (χ0) is 29.6. The van der Waals surface area contributed by atoms with Crippen LogP contribution >= 0.6 is 11.6 Å². The first-order valence-electron chi connectivity index (χ1n) is 12.6. The Bertz CT molecular complexity index is 1670. The Balaban J connectivity index is 1.24. The van der Waals surface area contributed by atoms with Crippen molar-refractivity contribution in [3.05, 3.63) is 134 Å². The van der Waals surface area contributed by atoms with E-state index in [1.165, 1.54) is 18.2 Å². The van der Waals surface area contributed by atoms with Crippen LogP contribution in [0.1, 0.15) is 16.7 Å². The van der Waals surface area contributed by atoms with Crippen molar-refractivity contribution in [3.8, 4) is 11.5 Å². The van der Waals surface area contributed by atoms with Crippen molar-refractivity contribution < 1.29 is 28.8 Å². The second-order valence-corrected chi connectivity index (χ2v) is 9.58. The van der Waals surface area contributed by atoms with Gasteiger partial charge in [-0.3, -0.25) is 25.0 Å². The van der Waals surface area contributed by atoms with E-state index in [4.69, 9.17) is 21.1 Å². The molecule has 4 aromatic rings. The number of carbonyl (C=O) groups excluding carboxylic acids is 3. The van der Waals surface area contributed by atoms with Crippen LogP contribution in [0, 0.1) is 10.1 Å². The number of rotatable bonds is 9. The first-order chi connectivity index (χ1) is 20.3. The number of barbiturate groups is 1. The summed E-state index contributed by atoms with van der Waals surface area (Å²) in [5.41, 5.74) is 2.26. The van der Waals surface area contributed by atoms with Crippen molar-refractivity contribution in [3.63, 3.8) is 0 Å². The third-order valence-electron chi connectivity index (χ3n) is 6.26. The lowest BCUT2D eigenvalue weighted by Crippen LogP contribution is -2.54. The van der Waals surface area contributed by atoms with Crippen molar-refractivity contribution in [2.75, 3.05) is 4.90 Å². The maximum absolute atomic E-state index is 13.2. The summed E-state index contributed by atoms with van der Waals surface area (Å²) in [6.07, 6.45) is 1.39. The van der Waals surface area contributed by atoms with E-state index in [0.29, 0.717) is 28.7 Å². The van der Waals surface area contributed by atoms with Gasteiger partial charge in [0.1, 0.15) is 30.3 Å². The standard InChI is InChI=1S/C31H22ClN3O7/c32-23-7-1-21(2-8-23)18-42-27-15-11-24(12-16-27)34-30(37)28(29(36)33-31(34)38)17-20-5-13-26(14-6-20)41-19-22-3-9-25(10-4-22)35(39)40/h1-17H,18-19H2,(H,33,36,38)/b28-17+. The summed E-state index contributed by atoms with van der Waals surface area (Å²) < 4.78 is 11.5. The van der Waals surface area contributed by atoms with E-state index < -0.39 is 22.8 Å². The summed E-state index contributed by atoms with van der Waals surface area (Å²) in [5, 5.41) is 13.6. The average Bonchev–Trinajstić information content (AvgIpc) is 2.99. The Hall–Kier alpha value is -5.48. The molecule has 4 aromatic carbocycles. The first kappa shape index (κ1) is 28.1. The van der Waals surface area contributed by atoms with Gasteiger partial charge in [-0.15, -0.1) is 0 Å². The van der Waals surface area contributed by atoms with Gasteiger partial charge in [0.05, 0.1) is 10.6 Å². The van der Waals surface area contributed by atoms with Gasteiger partial charge < -0.3 is 9.47 Å². The van der Waals surface area contributed by atoms with E-state index in [1.54, 1.807) is 72.8 Å². The van der Waals surface area contributed by atoms with Gasteiger partial charge in [-0.2, -0.15) is 0 Å². The fraction of sp³-hybridized carbons (Fsp3) is 0.0645. The van der Waals surface area contributed by atoms with E-state index in [0.717, 1.165) is 16.0 Å². The third kappa shape index (κ3) is 6.62. The molecule has 0 unspecified atom stereocenters. The number of imide groups is 2. The highest BCUT2D eigenvalue weighted by molar-refractivity contribution is 6.39. The highest BCUT2D eigenvalue weighted by Gasteiger charge is 2.36. The molecule has 11 heteroatoms. The lowest BCUT2D eigenvalue weighted by atomic mass is 10.1. The predicted octanol–water partition coefficient (Wildman–Crippen LogP) is 6.07. The summed E-state index contributed by atoms with van der Waals surface area (Å²) in [6.45, 7) is 0.503. The molecule has 1 aliphatic rings. The van der Waals surface area contributed by atoms with Gasteiger partial charge in [0.15, 0.2) is 0 Å². The molecule has 1 fully saturated rings. The van der Waals surface area contributed by atoms with Crippen molar-refractivity contribution >= 4 is 46.9 Å². The summed E-state index contributed by atoms with van der Waals surface area (Å²) in [7, 11) is 0. The van der Waals surface area contributed by atoms with Crippen LogP contribution in [-0.2, 0) is 22.8 Å². The van der Waals surface area contributed by atoms with Crippen LogP contribution in [0.2, 0.25) is 5.02 Å². The Morgan fingerprint density at radius 1 is 0.762 bits per heavy atom. The normalized spacial score (nSPS) is 14.1. The summed E-state index contributed by atoms with van der Waals surface area (Å²) in [6, 6.07) is 25.4. The van der Waals surface area contributed by atoms with Crippen molar-refractivity contribution in [1.82, 2.24) is 5.32 Å². The fourth-order valence-electron chi connectivity index (χ4n) is 4.04. The van der Waals surface area contributed by atoms with Crippen LogP contribution in [0.25, 0.3) is 6.08 Å². The SMILES string of the molecule is O=C1NC(=O)N(c2ccc(OCc3ccc(Cl)cc3)cc2)C(=O)/C1=C/c1ccc(OCc2ccc([N+](=O)[O-])cc2)cc1. The number of nitrogens with zero attached hydrogens (tertiary/aromatic N) is 2. The molecule has 10 nitrogen and oxygen atoms in total. The maximum Gasteiger partial charge on any atom is 0.335 e. The second-order valence-electron chi connectivity index (χ2n) is 9.15. The number of urea groups is 1. The number of ether oxygens (including phenoxy) is 2. The highest BCUT2D eigenvalue weighted by Crippen LogP contribution is 2.26. The number of benzene rings is 4. The molecule has 0 aromatic heterocycles. The number of nitro benzene ring substituents is 1. The number of nitro groups is 1. The summed E-state index contributed by atoms with van der Waals surface area (Å²) >= 11 is 5.91. The molecule has 0 radical (unpaired) electrons. The molecular formula is C31H22ClN3O7. The summed E-state index contributed by atoms with van der Waals surface area (Å²) in [4.78, 5) is 49.6. The molecule has 5 rings (SSSR count). The van der Waals surface area contributed by atoms with E-state index >= 15 is 0 Å². The molecule has 210 valence electrons. The maximum atomic E-state index is 13.2. The monoisotopic (exact) mass is 583 g/mol. The fourth-order valence-corrected chi connectivity index (χ4v) is 4.16. The molecule has 0 atom stereocenters. The third-order valence-corrected chi connectivity index (χ3v) is 6.51. The van der Waals surface area contributed by atoms with Crippen LogP contribution in [0.15, 0.2) is 103 Å². The van der Waals surface area contributed by atoms with Crippen LogP contribution in [0.3, 0.4) is 0 Å². The van der Waals surface area contributed by atoms with E-state index in [1.807, 2.05) is 12.1 Å². The van der Waals surface area contributed by atoms with Crippen molar-refractivity contribution in [1.29, 1.82) is 0 Å². The van der Waals surface area contributed by atoms with Gasteiger partial charge in [-0.25, -0.2) is 9.69 Å². The number of amides is 4. The molecule has 0 aliphatic carbocycles. The number of carbonyl (C=O) groups is 3. The smallest absolute Gasteiger partial charge is 0.335 e. The second kappa shape index (κ2) is 12.4. The van der Waals surface area contributed by atoms with Crippen LogP contribution in [0.4, 0.5) is 16.2 Å². The minimum atomic E-state index is -0.855. The Labute approximate surface area is 244 Å². The van der Waals surface area contributed by atoms with Gasteiger partial charge in [0.2, 0.25) is 0 Å². The quantitative estimate of drug-likeness (QED) is 0.110. The molecule has 0 spiro atoms. The molecule has 1 heterocycles. The minimum Gasteiger partial charge on any atom is -0.489 e. The predicted molar refractivity (Wildman–Crippen MR) is 155 cm³/mol. The van der Waals surface area contributed by atoms with Gasteiger partial charge in [0, 0.05) is 17.2 Å². The van der Waals surface area contributed by atoms with Crippen LogP contribution in [0.5, 0.6) is 11.5 Å². The zero-order valence-electron chi connectivity index (χ0n) is 21.9. The van der Waals surface area contributed by atoms with Crippen molar-refractivity contribution in [2.24, 2.45) is 0 Å². The number of anilines is 1. The van der Waals surface area contributed by atoms with Gasteiger partial charge >= 0.3 is 6.03 Å². The molecule has 4 amide bonds. The zero-order valence-corrected chi connectivity index (χ0v) is 22.6. The molecule has 0 saturated carbocycles. The van der Waals surface area contributed by atoms with Crippen molar-refractivity contribution in [2.45, 2.75) is 13.2 Å². The molecule has 0 bridgehead atoms. The number of non-ortho nitro benzene ring substituents is 1. The molecular weight excluding hydrogens is 562 g/mol. The number of hydrogen-bond acceptors (Lipinski definition) is 7. The molecule has 1 saturated heterocycles. The average molecular weight is 584 g/mol. The Kier molecular flexibility index (Phi) is 8.26. The van der Waals surface area contributed by atoms with E-state index in [2.05, 4.69) is 5.32 Å². The van der Waals surface area contributed by atoms with Crippen LogP contribution < -0.4 is 19.7 Å². The lowest BCUT2D eigenvalue weighted by molar-refractivity contribution is -0.384. The first-order valence-corrected chi connectivity index (χ1v) is 13.0. The minimum absolute atomic E-state index is 0.00558. The lowest BCUT2D eigenvalue weighted by Gasteiger charge is -2.26. The number of hydrogen-bond donors (Lipinski definition) is 1. The molecule has 42 heavy (non-hydrogen) atoms. The highest BCUT2D eigenvalue weighted by atomic mass is 35.5. The largest absolute Gasteiger partial charge is 0.489 e. The number of halogens is 1. The van der Waals surface area contributed by atoms with Crippen LogP contribution in [-0.4, -0.2) is 22.8 Å². The van der Waals surface area contributed by atoms with Gasteiger partial charge in [-0.05, 0) is 83.4 Å². The van der Waals surface area contributed by atoms with Gasteiger partial charge in [-0.1, -0.05) is 35.9 Å². The van der Waals surface area contributed by atoms with Gasteiger partial charge in [0.25, 0.3) is 17.5 Å². The Morgan fingerprint density at radius 3 is 1.83 bits per heavy atom. The summed E-state index contributed by atoms with van der Waals surface area (Å²) in [5.74, 6) is -0.522. The topological polar surface area (TPSA) is 128 Å². The number of nitrogens with one attached hydrogen (secondary N) is 1. The molecule has 1 aliphatic heterocycles. The van der Waals surface area contributed by atoms with E-state index in [-0.39, 0.29) is 23.6 Å². The Morgan fingerprint density at radius 2 is 1.29 bits per heavy atom.